The van der Waals surface area contributed by atoms with Crippen LogP contribution >= 0.6 is 0 Å². The van der Waals surface area contributed by atoms with Gasteiger partial charge in [0.05, 0.1) is 5.60 Å². The van der Waals surface area contributed by atoms with Crippen molar-refractivity contribution in [2.45, 2.75) is 45.8 Å². The number of hydrogen-bond donors (Lipinski definition) is 2. The summed E-state index contributed by atoms with van der Waals surface area (Å²) in [4.78, 5) is 2.11. The first-order chi connectivity index (χ1) is 9.73. The highest BCUT2D eigenvalue weighted by Crippen LogP contribution is 2.20. The lowest BCUT2D eigenvalue weighted by molar-refractivity contribution is 0.0436. The van der Waals surface area contributed by atoms with Gasteiger partial charge in [-0.05, 0) is 64.5 Å². The normalized spacial score (nSPS) is 13.7. The summed E-state index contributed by atoms with van der Waals surface area (Å²) >= 11 is 0. The summed E-state index contributed by atoms with van der Waals surface area (Å²) in [5.74, 6) is -0.153. The zero-order valence-electron chi connectivity index (χ0n) is 13.9. The standard InChI is InChI=1S/C17H29FN2O/c1-6-19-16(9-10-20(5)12-17(3,4)21)14-8-7-13(2)15(18)11-14/h7-8,11,16,19,21H,6,9-10,12H2,1-5H3. The van der Waals surface area contributed by atoms with Crippen LogP contribution in [-0.4, -0.2) is 42.3 Å². The van der Waals surface area contributed by atoms with Crippen molar-refractivity contribution in [1.82, 2.24) is 10.2 Å². The number of aryl methyl sites for hydroxylation is 1. The Morgan fingerprint density at radius 2 is 2.05 bits per heavy atom. The number of aliphatic hydroxyl groups is 1. The van der Waals surface area contributed by atoms with Gasteiger partial charge < -0.3 is 15.3 Å². The summed E-state index contributed by atoms with van der Waals surface area (Å²) in [6.45, 7) is 9.75. The van der Waals surface area contributed by atoms with Crippen LogP contribution in [0, 0.1) is 12.7 Å². The highest BCUT2D eigenvalue weighted by atomic mass is 19.1. The van der Waals surface area contributed by atoms with Crippen LogP contribution < -0.4 is 5.32 Å². The molecule has 0 bridgehead atoms. The van der Waals surface area contributed by atoms with E-state index in [1.54, 1.807) is 26.8 Å². The fraction of sp³-hybridized carbons (Fsp3) is 0.647. The van der Waals surface area contributed by atoms with E-state index in [1.807, 2.05) is 19.2 Å². The van der Waals surface area contributed by atoms with Crippen LogP contribution in [-0.2, 0) is 0 Å². The lowest BCUT2D eigenvalue weighted by atomic mass is 10.0. The molecule has 0 heterocycles. The monoisotopic (exact) mass is 296 g/mol. The first-order valence-corrected chi connectivity index (χ1v) is 7.63. The Morgan fingerprint density at radius 3 is 2.57 bits per heavy atom. The zero-order valence-corrected chi connectivity index (χ0v) is 13.9. The first kappa shape index (κ1) is 18.1. The predicted octanol–water partition coefficient (Wildman–Crippen LogP) is 2.88. The van der Waals surface area contributed by atoms with E-state index in [0.717, 1.165) is 25.1 Å². The minimum Gasteiger partial charge on any atom is -0.389 e. The van der Waals surface area contributed by atoms with Crippen molar-refractivity contribution in [2.75, 3.05) is 26.7 Å². The second kappa shape index (κ2) is 7.87. The van der Waals surface area contributed by atoms with Gasteiger partial charge in [0.1, 0.15) is 5.82 Å². The van der Waals surface area contributed by atoms with Gasteiger partial charge in [0.25, 0.3) is 0 Å². The molecule has 1 aromatic carbocycles. The highest BCUT2D eigenvalue weighted by Gasteiger charge is 2.17. The molecule has 0 aliphatic heterocycles. The molecule has 1 aromatic rings. The SMILES string of the molecule is CCNC(CCN(C)CC(C)(C)O)c1ccc(C)c(F)c1. The van der Waals surface area contributed by atoms with Crippen molar-refractivity contribution in [1.29, 1.82) is 0 Å². The molecule has 21 heavy (non-hydrogen) atoms. The first-order valence-electron chi connectivity index (χ1n) is 7.63. The molecule has 0 aliphatic carbocycles. The Morgan fingerprint density at radius 1 is 1.38 bits per heavy atom. The number of halogens is 1. The number of benzene rings is 1. The molecule has 0 amide bonds. The summed E-state index contributed by atoms with van der Waals surface area (Å²) in [7, 11) is 2.00. The number of likely N-dealkylation sites (N-methyl/N-ethyl adjacent to an activating group) is 1. The molecule has 2 N–H and O–H groups in total. The number of nitrogens with one attached hydrogen (secondary N) is 1. The quantitative estimate of drug-likeness (QED) is 0.774. The average molecular weight is 296 g/mol. The molecule has 0 fully saturated rings. The molecule has 120 valence electrons. The molecule has 1 rings (SSSR count). The lowest BCUT2D eigenvalue weighted by Crippen LogP contribution is -2.37. The number of rotatable bonds is 8. The van der Waals surface area contributed by atoms with E-state index in [0.29, 0.717) is 12.1 Å². The molecule has 3 nitrogen and oxygen atoms in total. The largest absolute Gasteiger partial charge is 0.389 e. The van der Waals surface area contributed by atoms with Crippen molar-refractivity contribution in [3.63, 3.8) is 0 Å². The molecule has 0 spiro atoms. The Bertz CT molecular complexity index is 443. The van der Waals surface area contributed by atoms with E-state index < -0.39 is 5.60 Å². The van der Waals surface area contributed by atoms with Gasteiger partial charge in [-0.1, -0.05) is 19.1 Å². The summed E-state index contributed by atoms with van der Waals surface area (Å²) in [5, 5.41) is 13.2. The molecule has 0 radical (unpaired) electrons. The van der Waals surface area contributed by atoms with Crippen LogP contribution in [0.2, 0.25) is 0 Å². The second-order valence-corrected chi connectivity index (χ2v) is 6.46. The third-order valence-corrected chi connectivity index (χ3v) is 3.51. The average Bonchev–Trinajstić information content (AvgIpc) is 2.36. The topological polar surface area (TPSA) is 35.5 Å². The van der Waals surface area contributed by atoms with Crippen LogP contribution in [0.15, 0.2) is 18.2 Å². The zero-order chi connectivity index (χ0) is 16.0. The summed E-state index contributed by atoms with van der Waals surface area (Å²) in [5.41, 5.74) is 0.961. The van der Waals surface area contributed by atoms with Gasteiger partial charge in [0, 0.05) is 12.6 Å². The van der Waals surface area contributed by atoms with Gasteiger partial charge >= 0.3 is 0 Å². The molecular weight excluding hydrogens is 267 g/mol. The van der Waals surface area contributed by atoms with Crippen LogP contribution in [0.1, 0.15) is 44.4 Å². The van der Waals surface area contributed by atoms with E-state index in [1.165, 1.54) is 0 Å². The highest BCUT2D eigenvalue weighted by molar-refractivity contribution is 5.25. The lowest BCUT2D eigenvalue weighted by Gasteiger charge is -2.27. The minimum absolute atomic E-state index is 0.134. The maximum absolute atomic E-state index is 13.7. The van der Waals surface area contributed by atoms with Gasteiger partial charge in [-0.2, -0.15) is 0 Å². The Labute approximate surface area is 128 Å². The Kier molecular flexibility index (Phi) is 6.78. The van der Waals surface area contributed by atoms with Crippen molar-refractivity contribution in [3.8, 4) is 0 Å². The Balaban J connectivity index is 2.67. The van der Waals surface area contributed by atoms with Gasteiger partial charge in [-0.3, -0.25) is 0 Å². The maximum atomic E-state index is 13.7. The van der Waals surface area contributed by atoms with E-state index in [-0.39, 0.29) is 11.9 Å². The van der Waals surface area contributed by atoms with Crippen LogP contribution in [0.3, 0.4) is 0 Å². The van der Waals surface area contributed by atoms with Crippen LogP contribution in [0.25, 0.3) is 0 Å². The molecule has 0 aliphatic rings. The number of hydrogen-bond acceptors (Lipinski definition) is 3. The third kappa shape index (κ3) is 6.55. The molecule has 1 atom stereocenters. The summed E-state index contributed by atoms with van der Waals surface area (Å²) < 4.78 is 13.7. The van der Waals surface area contributed by atoms with Crippen molar-refractivity contribution in [2.24, 2.45) is 0 Å². The van der Waals surface area contributed by atoms with E-state index in [4.69, 9.17) is 0 Å². The van der Waals surface area contributed by atoms with Crippen molar-refractivity contribution in [3.05, 3.63) is 35.1 Å². The second-order valence-electron chi connectivity index (χ2n) is 6.46. The smallest absolute Gasteiger partial charge is 0.126 e. The maximum Gasteiger partial charge on any atom is 0.126 e. The van der Waals surface area contributed by atoms with Gasteiger partial charge in [0.15, 0.2) is 0 Å². The van der Waals surface area contributed by atoms with Crippen LogP contribution in [0.4, 0.5) is 4.39 Å². The van der Waals surface area contributed by atoms with Crippen molar-refractivity contribution < 1.29 is 9.50 Å². The molecule has 0 saturated heterocycles. The van der Waals surface area contributed by atoms with E-state index in [2.05, 4.69) is 17.1 Å². The fourth-order valence-electron chi connectivity index (χ4n) is 2.55. The fourth-order valence-corrected chi connectivity index (χ4v) is 2.55. The number of nitrogens with zero attached hydrogens (tertiary/aromatic N) is 1. The van der Waals surface area contributed by atoms with Gasteiger partial charge in [0.2, 0.25) is 0 Å². The summed E-state index contributed by atoms with van der Waals surface area (Å²) in [6.07, 6.45) is 0.878. The molecule has 0 aromatic heterocycles. The van der Waals surface area contributed by atoms with Gasteiger partial charge in [-0.15, -0.1) is 0 Å². The minimum atomic E-state index is -0.696. The third-order valence-electron chi connectivity index (χ3n) is 3.51. The molecular formula is C17H29FN2O. The van der Waals surface area contributed by atoms with E-state index >= 15 is 0 Å². The van der Waals surface area contributed by atoms with E-state index in [9.17, 15) is 9.50 Å². The summed E-state index contributed by atoms with van der Waals surface area (Å²) in [6, 6.07) is 5.57. The molecule has 4 heteroatoms. The van der Waals surface area contributed by atoms with Crippen molar-refractivity contribution >= 4 is 0 Å². The predicted molar refractivity (Wildman–Crippen MR) is 86.0 cm³/mol. The van der Waals surface area contributed by atoms with Crippen LogP contribution in [0.5, 0.6) is 0 Å². The molecule has 0 saturated carbocycles. The molecule has 1 unspecified atom stereocenters. The van der Waals surface area contributed by atoms with Gasteiger partial charge in [-0.25, -0.2) is 4.39 Å². The Hall–Kier alpha value is -0.970.